The van der Waals surface area contributed by atoms with Gasteiger partial charge in [0.1, 0.15) is 0 Å². The van der Waals surface area contributed by atoms with Crippen molar-refractivity contribution >= 4 is 11.8 Å². The van der Waals surface area contributed by atoms with Crippen LogP contribution in [0.1, 0.15) is 117 Å². The van der Waals surface area contributed by atoms with E-state index >= 15 is 0 Å². The smallest absolute Gasteiger partial charge is 0.0576 e. The second kappa shape index (κ2) is 16.8. The lowest BCUT2D eigenvalue weighted by Crippen LogP contribution is -2.03. The van der Waals surface area contributed by atoms with E-state index in [0.29, 0.717) is 6.10 Å². The van der Waals surface area contributed by atoms with Crippen molar-refractivity contribution < 1.29 is 4.74 Å². The van der Waals surface area contributed by atoms with E-state index in [-0.39, 0.29) is 0 Å². The SMILES string of the molecule is CCCCCCCCC(C)SCCCCCCCCC1CCCO1. The molecule has 1 aliphatic rings. The molecule has 1 heterocycles. The third kappa shape index (κ3) is 13.6. The highest BCUT2D eigenvalue weighted by atomic mass is 32.2. The van der Waals surface area contributed by atoms with E-state index in [1.165, 1.54) is 108 Å². The summed E-state index contributed by atoms with van der Waals surface area (Å²) in [6, 6.07) is 0. The first kappa shape index (κ1) is 22.4. The number of ether oxygens (including phenoxy) is 1. The molecule has 0 aromatic carbocycles. The monoisotopic (exact) mass is 356 g/mol. The second-order valence-corrected chi connectivity index (χ2v) is 9.33. The first-order valence-corrected chi connectivity index (χ1v) is 12.1. The number of thioether (sulfide) groups is 1. The van der Waals surface area contributed by atoms with E-state index in [1.54, 1.807) is 0 Å². The molecule has 144 valence electrons. The Morgan fingerprint density at radius 3 is 2.25 bits per heavy atom. The van der Waals surface area contributed by atoms with Crippen molar-refractivity contribution in [1.82, 2.24) is 0 Å². The lowest BCUT2D eigenvalue weighted by molar-refractivity contribution is 0.102. The summed E-state index contributed by atoms with van der Waals surface area (Å²) in [5.74, 6) is 1.38. The maximum absolute atomic E-state index is 5.68. The molecule has 1 nitrogen and oxygen atoms in total. The van der Waals surface area contributed by atoms with Crippen LogP contribution in [0.2, 0.25) is 0 Å². The molecular weight excluding hydrogens is 312 g/mol. The Balaban J connectivity index is 1.72. The summed E-state index contributed by atoms with van der Waals surface area (Å²) in [5.41, 5.74) is 0. The normalized spacial score (nSPS) is 19.0. The Kier molecular flexibility index (Phi) is 15.6. The molecule has 1 rings (SSSR count). The largest absolute Gasteiger partial charge is 0.378 e. The van der Waals surface area contributed by atoms with E-state index in [4.69, 9.17) is 4.74 Å². The molecule has 0 saturated carbocycles. The summed E-state index contributed by atoms with van der Waals surface area (Å²) in [6.45, 7) is 5.74. The molecule has 2 unspecified atom stereocenters. The van der Waals surface area contributed by atoms with Gasteiger partial charge >= 0.3 is 0 Å². The van der Waals surface area contributed by atoms with Crippen LogP contribution in [-0.2, 0) is 4.74 Å². The number of rotatable bonds is 17. The van der Waals surface area contributed by atoms with Gasteiger partial charge in [-0.2, -0.15) is 11.8 Å². The van der Waals surface area contributed by atoms with Gasteiger partial charge in [-0.3, -0.25) is 0 Å². The highest BCUT2D eigenvalue weighted by Crippen LogP contribution is 2.21. The van der Waals surface area contributed by atoms with Gasteiger partial charge in [-0.15, -0.1) is 0 Å². The van der Waals surface area contributed by atoms with Crippen LogP contribution in [0.15, 0.2) is 0 Å². The lowest BCUT2D eigenvalue weighted by atomic mass is 10.1. The molecule has 1 saturated heterocycles. The van der Waals surface area contributed by atoms with Gasteiger partial charge in [0, 0.05) is 11.9 Å². The van der Waals surface area contributed by atoms with Crippen LogP contribution < -0.4 is 0 Å². The average Bonchev–Trinajstić information content (AvgIpc) is 3.10. The first-order chi connectivity index (χ1) is 11.8. The van der Waals surface area contributed by atoms with Gasteiger partial charge in [-0.05, 0) is 37.9 Å². The Bertz CT molecular complexity index is 250. The molecular formula is C22H44OS. The predicted molar refractivity (Wildman–Crippen MR) is 111 cm³/mol. The Labute approximate surface area is 157 Å². The van der Waals surface area contributed by atoms with Crippen LogP contribution >= 0.6 is 11.8 Å². The highest BCUT2D eigenvalue weighted by Gasteiger charge is 2.14. The number of unbranched alkanes of at least 4 members (excludes halogenated alkanes) is 10. The number of hydrogen-bond donors (Lipinski definition) is 0. The summed E-state index contributed by atoms with van der Waals surface area (Å²) in [5, 5.41) is 0.877. The molecule has 0 radical (unpaired) electrons. The van der Waals surface area contributed by atoms with Crippen molar-refractivity contribution in [2.24, 2.45) is 0 Å². The van der Waals surface area contributed by atoms with Gasteiger partial charge in [-0.25, -0.2) is 0 Å². The summed E-state index contributed by atoms with van der Waals surface area (Å²) in [7, 11) is 0. The minimum atomic E-state index is 0.606. The molecule has 0 N–H and O–H groups in total. The summed E-state index contributed by atoms with van der Waals surface area (Å²) < 4.78 is 5.68. The van der Waals surface area contributed by atoms with E-state index in [9.17, 15) is 0 Å². The maximum atomic E-state index is 5.68. The molecule has 0 aliphatic carbocycles. The van der Waals surface area contributed by atoms with Crippen molar-refractivity contribution in [1.29, 1.82) is 0 Å². The van der Waals surface area contributed by atoms with Crippen molar-refractivity contribution in [3.8, 4) is 0 Å². The quantitative estimate of drug-likeness (QED) is 0.246. The molecule has 0 bridgehead atoms. The standard InChI is InChI=1S/C22H44OS/c1-3-4-5-6-9-12-16-21(2)24-20-14-11-8-7-10-13-17-22-18-15-19-23-22/h21-22H,3-20H2,1-2H3. The predicted octanol–water partition coefficient (Wildman–Crippen LogP) is 7.77. The van der Waals surface area contributed by atoms with E-state index < -0.39 is 0 Å². The molecule has 0 spiro atoms. The summed E-state index contributed by atoms with van der Waals surface area (Å²) >= 11 is 2.21. The van der Waals surface area contributed by atoms with Crippen LogP contribution in [0, 0.1) is 0 Å². The first-order valence-electron chi connectivity index (χ1n) is 11.1. The molecule has 1 aliphatic heterocycles. The van der Waals surface area contributed by atoms with Crippen LogP contribution in [0.3, 0.4) is 0 Å². The third-order valence-corrected chi connectivity index (χ3v) is 6.64. The number of hydrogen-bond acceptors (Lipinski definition) is 2. The van der Waals surface area contributed by atoms with Crippen molar-refractivity contribution in [2.75, 3.05) is 12.4 Å². The zero-order valence-electron chi connectivity index (χ0n) is 16.7. The van der Waals surface area contributed by atoms with Crippen LogP contribution in [0.25, 0.3) is 0 Å². The van der Waals surface area contributed by atoms with Crippen LogP contribution in [0.5, 0.6) is 0 Å². The van der Waals surface area contributed by atoms with E-state index in [0.717, 1.165) is 11.9 Å². The van der Waals surface area contributed by atoms with Gasteiger partial charge in [0.2, 0.25) is 0 Å². The van der Waals surface area contributed by atoms with Gasteiger partial charge in [0.15, 0.2) is 0 Å². The van der Waals surface area contributed by atoms with Gasteiger partial charge < -0.3 is 4.74 Å². The molecule has 0 aromatic rings. The zero-order valence-corrected chi connectivity index (χ0v) is 17.5. The maximum Gasteiger partial charge on any atom is 0.0576 e. The molecule has 24 heavy (non-hydrogen) atoms. The second-order valence-electron chi connectivity index (χ2n) is 7.78. The van der Waals surface area contributed by atoms with E-state index in [1.807, 2.05) is 0 Å². The molecule has 1 fully saturated rings. The lowest BCUT2D eigenvalue weighted by Gasteiger charge is -2.11. The molecule has 2 heteroatoms. The molecule has 0 aromatic heterocycles. The zero-order chi connectivity index (χ0) is 17.3. The van der Waals surface area contributed by atoms with Crippen LogP contribution in [-0.4, -0.2) is 23.7 Å². The summed E-state index contributed by atoms with van der Waals surface area (Å²) in [6.07, 6.45) is 23.1. The van der Waals surface area contributed by atoms with Crippen LogP contribution in [0.4, 0.5) is 0 Å². The third-order valence-electron chi connectivity index (χ3n) is 5.31. The molecule has 2 atom stereocenters. The van der Waals surface area contributed by atoms with Gasteiger partial charge in [-0.1, -0.05) is 84.5 Å². The summed E-state index contributed by atoms with van der Waals surface area (Å²) in [4.78, 5) is 0. The fraction of sp³-hybridized carbons (Fsp3) is 1.00. The minimum Gasteiger partial charge on any atom is -0.378 e. The topological polar surface area (TPSA) is 9.23 Å². The Hall–Kier alpha value is 0.310. The Morgan fingerprint density at radius 1 is 0.875 bits per heavy atom. The van der Waals surface area contributed by atoms with E-state index in [2.05, 4.69) is 25.6 Å². The van der Waals surface area contributed by atoms with Gasteiger partial charge in [0.25, 0.3) is 0 Å². The van der Waals surface area contributed by atoms with Gasteiger partial charge in [0.05, 0.1) is 6.10 Å². The Morgan fingerprint density at radius 2 is 1.54 bits per heavy atom. The average molecular weight is 357 g/mol. The fourth-order valence-electron chi connectivity index (χ4n) is 3.63. The van der Waals surface area contributed by atoms with Crippen molar-refractivity contribution in [3.63, 3.8) is 0 Å². The highest BCUT2D eigenvalue weighted by molar-refractivity contribution is 7.99. The fourth-order valence-corrected chi connectivity index (χ4v) is 4.74. The van der Waals surface area contributed by atoms with Crippen molar-refractivity contribution in [3.05, 3.63) is 0 Å². The molecule has 0 amide bonds. The minimum absolute atomic E-state index is 0.606. The van der Waals surface area contributed by atoms with Crippen molar-refractivity contribution in [2.45, 2.75) is 128 Å².